The molecule has 18 heavy (non-hydrogen) atoms. The van der Waals surface area contributed by atoms with Crippen molar-refractivity contribution in [3.05, 3.63) is 24.3 Å². The topological polar surface area (TPSA) is 82.3 Å². The molecule has 98 valence electrons. The summed E-state index contributed by atoms with van der Waals surface area (Å²) >= 11 is 0. The molecule has 0 aliphatic carbocycles. The number of anilines is 2. The Balaban J connectivity index is 2.38. The molecule has 6 heteroatoms. The number of benzene rings is 1. The zero-order valence-corrected chi connectivity index (χ0v) is 10.3. The maximum atomic E-state index is 11.4. The van der Waals surface area contributed by atoms with Gasteiger partial charge in [-0.2, -0.15) is 0 Å². The highest BCUT2D eigenvalue weighted by Gasteiger charge is 2.00. The van der Waals surface area contributed by atoms with Gasteiger partial charge in [-0.25, -0.2) is 4.79 Å². The van der Waals surface area contributed by atoms with E-state index < -0.39 is 0 Å². The SMILES string of the molecule is CCCCNC(=O)Nc1ccc(NNC=O)cc1. The van der Waals surface area contributed by atoms with Gasteiger partial charge in [0, 0.05) is 12.2 Å². The van der Waals surface area contributed by atoms with Crippen molar-refractivity contribution in [2.24, 2.45) is 0 Å². The number of carbonyl (C=O) groups is 2. The second-order valence-corrected chi connectivity index (χ2v) is 3.70. The Labute approximate surface area is 106 Å². The minimum atomic E-state index is -0.213. The average Bonchev–Trinajstić information content (AvgIpc) is 2.38. The van der Waals surface area contributed by atoms with E-state index in [1.807, 2.05) is 0 Å². The van der Waals surface area contributed by atoms with E-state index in [0.29, 0.717) is 18.6 Å². The van der Waals surface area contributed by atoms with Crippen LogP contribution < -0.4 is 21.5 Å². The van der Waals surface area contributed by atoms with Gasteiger partial charge < -0.3 is 10.6 Å². The van der Waals surface area contributed by atoms with Crippen LogP contribution in [-0.2, 0) is 4.79 Å². The number of amides is 3. The fourth-order valence-corrected chi connectivity index (χ4v) is 1.30. The molecular formula is C12H18N4O2. The number of carbonyl (C=O) groups excluding carboxylic acids is 2. The monoisotopic (exact) mass is 250 g/mol. The number of rotatable bonds is 7. The summed E-state index contributed by atoms with van der Waals surface area (Å²) in [6, 6.07) is 6.77. The van der Waals surface area contributed by atoms with Crippen LogP contribution in [0, 0.1) is 0 Å². The fourth-order valence-electron chi connectivity index (χ4n) is 1.30. The Morgan fingerprint density at radius 3 is 2.50 bits per heavy atom. The first-order chi connectivity index (χ1) is 8.76. The van der Waals surface area contributed by atoms with Crippen molar-refractivity contribution in [3.8, 4) is 0 Å². The molecule has 3 amide bonds. The van der Waals surface area contributed by atoms with E-state index in [9.17, 15) is 9.59 Å². The smallest absolute Gasteiger partial charge is 0.319 e. The van der Waals surface area contributed by atoms with Gasteiger partial charge in [0.1, 0.15) is 0 Å². The first-order valence-corrected chi connectivity index (χ1v) is 5.86. The molecule has 0 radical (unpaired) electrons. The molecule has 1 aromatic rings. The van der Waals surface area contributed by atoms with Gasteiger partial charge in [-0.15, -0.1) is 0 Å². The summed E-state index contributed by atoms with van der Waals surface area (Å²) in [6.07, 6.45) is 2.56. The lowest BCUT2D eigenvalue weighted by atomic mass is 10.3. The first kappa shape index (κ1) is 13.8. The molecular weight excluding hydrogens is 232 g/mol. The molecule has 0 saturated carbocycles. The van der Waals surface area contributed by atoms with Crippen molar-refractivity contribution < 1.29 is 9.59 Å². The third-order valence-corrected chi connectivity index (χ3v) is 2.23. The molecule has 0 bridgehead atoms. The van der Waals surface area contributed by atoms with E-state index >= 15 is 0 Å². The van der Waals surface area contributed by atoms with E-state index in [2.05, 4.69) is 28.4 Å². The van der Waals surface area contributed by atoms with Gasteiger partial charge in [-0.05, 0) is 30.7 Å². The van der Waals surface area contributed by atoms with Crippen molar-refractivity contribution >= 4 is 23.8 Å². The molecule has 0 saturated heterocycles. The van der Waals surface area contributed by atoms with E-state index in [-0.39, 0.29) is 6.03 Å². The number of hydrazine groups is 1. The van der Waals surface area contributed by atoms with Crippen LogP contribution in [0.2, 0.25) is 0 Å². The van der Waals surface area contributed by atoms with Crippen molar-refractivity contribution in [1.29, 1.82) is 0 Å². The summed E-state index contributed by atoms with van der Waals surface area (Å²) in [5, 5.41) is 5.47. The van der Waals surface area contributed by atoms with Gasteiger partial charge in [0.25, 0.3) is 0 Å². The molecule has 1 rings (SSSR count). The van der Waals surface area contributed by atoms with Crippen LogP contribution in [0.4, 0.5) is 16.2 Å². The largest absolute Gasteiger partial charge is 0.338 e. The average molecular weight is 250 g/mol. The summed E-state index contributed by atoms with van der Waals surface area (Å²) < 4.78 is 0. The first-order valence-electron chi connectivity index (χ1n) is 5.86. The van der Waals surface area contributed by atoms with Crippen LogP contribution in [0.1, 0.15) is 19.8 Å². The lowest BCUT2D eigenvalue weighted by Crippen LogP contribution is -2.29. The normalized spacial score (nSPS) is 9.39. The third-order valence-electron chi connectivity index (χ3n) is 2.23. The van der Waals surface area contributed by atoms with E-state index in [1.165, 1.54) is 0 Å². The van der Waals surface area contributed by atoms with Gasteiger partial charge in [-0.1, -0.05) is 13.3 Å². The fraction of sp³-hybridized carbons (Fsp3) is 0.333. The lowest BCUT2D eigenvalue weighted by Gasteiger charge is -2.08. The van der Waals surface area contributed by atoms with Crippen molar-refractivity contribution in [2.45, 2.75) is 19.8 Å². The number of hydrogen-bond donors (Lipinski definition) is 4. The number of nitrogens with one attached hydrogen (secondary N) is 4. The Hall–Kier alpha value is -2.24. The van der Waals surface area contributed by atoms with Crippen molar-refractivity contribution in [3.63, 3.8) is 0 Å². The third kappa shape index (κ3) is 5.20. The zero-order chi connectivity index (χ0) is 13.2. The van der Waals surface area contributed by atoms with E-state index in [0.717, 1.165) is 18.5 Å². The highest BCUT2D eigenvalue weighted by molar-refractivity contribution is 5.89. The van der Waals surface area contributed by atoms with Crippen LogP contribution in [0.15, 0.2) is 24.3 Å². The molecule has 0 fully saturated rings. The number of hydrogen-bond acceptors (Lipinski definition) is 3. The molecule has 0 aliphatic heterocycles. The second-order valence-electron chi connectivity index (χ2n) is 3.70. The molecule has 6 nitrogen and oxygen atoms in total. The molecule has 0 heterocycles. The van der Waals surface area contributed by atoms with Gasteiger partial charge in [0.2, 0.25) is 6.41 Å². The van der Waals surface area contributed by atoms with Gasteiger partial charge in [0.15, 0.2) is 0 Å². The predicted octanol–water partition coefficient (Wildman–Crippen LogP) is 1.68. The summed E-state index contributed by atoms with van der Waals surface area (Å²) in [5.41, 5.74) is 6.43. The molecule has 0 unspecified atom stereocenters. The van der Waals surface area contributed by atoms with Crippen LogP contribution in [-0.4, -0.2) is 19.0 Å². The van der Waals surface area contributed by atoms with Gasteiger partial charge in [-0.3, -0.25) is 15.6 Å². The summed E-state index contributed by atoms with van der Waals surface area (Å²) in [7, 11) is 0. The Bertz CT molecular complexity index is 378. The van der Waals surface area contributed by atoms with Gasteiger partial charge in [0.05, 0.1) is 5.69 Å². The molecule has 0 aromatic heterocycles. The number of unbranched alkanes of at least 4 members (excludes halogenated alkanes) is 1. The molecule has 0 atom stereocenters. The molecule has 4 N–H and O–H groups in total. The molecule has 0 aliphatic rings. The van der Waals surface area contributed by atoms with E-state index in [4.69, 9.17) is 0 Å². The highest BCUT2D eigenvalue weighted by Crippen LogP contribution is 2.12. The van der Waals surface area contributed by atoms with Crippen molar-refractivity contribution in [1.82, 2.24) is 10.7 Å². The van der Waals surface area contributed by atoms with Crippen LogP contribution in [0.3, 0.4) is 0 Å². The summed E-state index contributed by atoms with van der Waals surface area (Å²) in [5.74, 6) is 0. The van der Waals surface area contributed by atoms with Gasteiger partial charge >= 0.3 is 6.03 Å². The lowest BCUT2D eigenvalue weighted by molar-refractivity contribution is -0.109. The highest BCUT2D eigenvalue weighted by atomic mass is 16.2. The van der Waals surface area contributed by atoms with Crippen molar-refractivity contribution in [2.75, 3.05) is 17.3 Å². The maximum Gasteiger partial charge on any atom is 0.319 e. The van der Waals surface area contributed by atoms with Crippen LogP contribution >= 0.6 is 0 Å². The maximum absolute atomic E-state index is 11.4. The van der Waals surface area contributed by atoms with Crippen LogP contribution in [0.5, 0.6) is 0 Å². The summed E-state index contributed by atoms with van der Waals surface area (Å²) in [4.78, 5) is 21.5. The zero-order valence-electron chi connectivity index (χ0n) is 10.3. The summed E-state index contributed by atoms with van der Waals surface area (Å²) in [6.45, 7) is 2.74. The predicted molar refractivity (Wildman–Crippen MR) is 71.2 cm³/mol. The van der Waals surface area contributed by atoms with E-state index in [1.54, 1.807) is 24.3 Å². The second kappa shape index (κ2) is 7.94. The Morgan fingerprint density at radius 1 is 1.22 bits per heavy atom. The Morgan fingerprint density at radius 2 is 1.89 bits per heavy atom. The molecule has 1 aromatic carbocycles. The standard InChI is InChI=1S/C12H18N4O2/c1-2-3-8-13-12(18)15-10-4-6-11(7-5-10)16-14-9-17/h4-7,9,16H,2-3,8H2,1H3,(H,14,17)(H2,13,15,18). The van der Waals surface area contributed by atoms with Crippen LogP contribution in [0.25, 0.3) is 0 Å². The minimum Gasteiger partial charge on any atom is -0.338 e. The molecule has 0 spiro atoms. The Kier molecular flexibility index (Phi) is 6.10. The number of urea groups is 1. The quantitative estimate of drug-likeness (QED) is 0.337. The minimum absolute atomic E-state index is 0.213.